The number of fused-ring (bicyclic) bond motifs is 3. The number of ether oxygens (including phenoxy) is 1. The number of pyridine rings is 1. The quantitative estimate of drug-likeness (QED) is 0.662. The van der Waals surface area contributed by atoms with Crippen LogP contribution >= 0.6 is 0 Å². The van der Waals surface area contributed by atoms with Crippen LogP contribution in [-0.4, -0.2) is 65.0 Å². The summed E-state index contributed by atoms with van der Waals surface area (Å²) in [6.07, 6.45) is 1.86. The summed E-state index contributed by atoms with van der Waals surface area (Å²) in [4.78, 5) is 11.5. The molecule has 0 bridgehead atoms. The zero-order valence-corrected chi connectivity index (χ0v) is 17.3. The number of rotatable bonds is 3. The summed E-state index contributed by atoms with van der Waals surface area (Å²) in [5.74, 6) is 3.89. The average Bonchev–Trinajstić information content (AvgIpc) is 3.03. The van der Waals surface area contributed by atoms with Crippen LogP contribution < -0.4 is 14.5 Å². The maximum Gasteiger partial charge on any atom is 0.231 e. The molecule has 0 N–H and O–H groups in total. The van der Waals surface area contributed by atoms with Crippen LogP contribution in [0.5, 0.6) is 5.75 Å². The fourth-order valence-corrected chi connectivity index (χ4v) is 5.05. The van der Waals surface area contributed by atoms with E-state index in [0.29, 0.717) is 5.41 Å². The van der Waals surface area contributed by atoms with E-state index in [1.54, 1.807) is 7.11 Å². The van der Waals surface area contributed by atoms with Crippen LogP contribution in [0.1, 0.15) is 11.4 Å². The van der Waals surface area contributed by atoms with E-state index in [1.165, 1.54) is 5.56 Å². The van der Waals surface area contributed by atoms with Gasteiger partial charge in [-0.25, -0.2) is 4.98 Å². The summed E-state index contributed by atoms with van der Waals surface area (Å²) in [7, 11) is 3.83. The van der Waals surface area contributed by atoms with Crippen molar-refractivity contribution in [2.45, 2.75) is 13.1 Å². The molecule has 6 rings (SSSR count). The monoisotopic (exact) mass is 403 g/mol. The van der Waals surface area contributed by atoms with Crippen LogP contribution in [0.3, 0.4) is 0 Å². The Morgan fingerprint density at radius 1 is 0.967 bits per heavy atom. The van der Waals surface area contributed by atoms with Gasteiger partial charge in [0, 0.05) is 44.3 Å². The second kappa shape index (κ2) is 6.43. The van der Waals surface area contributed by atoms with E-state index in [1.807, 2.05) is 18.3 Å². The minimum absolute atomic E-state index is 0.341. The predicted octanol–water partition coefficient (Wildman–Crippen LogP) is 1.94. The number of benzene rings is 1. The van der Waals surface area contributed by atoms with Crippen LogP contribution in [0.15, 0.2) is 42.6 Å². The molecule has 1 spiro atoms. The van der Waals surface area contributed by atoms with Crippen molar-refractivity contribution in [3.8, 4) is 11.4 Å². The van der Waals surface area contributed by atoms with Gasteiger partial charge in [0.1, 0.15) is 11.6 Å². The van der Waals surface area contributed by atoms with Gasteiger partial charge in [-0.2, -0.15) is 0 Å². The first-order chi connectivity index (χ1) is 14.6. The highest BCUT2D eigenvalue weighted by Gasteiger charge is 2.53. The van der Waals surface area contributed by atoms with E-state index in [2.05, 4.69) is 65.8 Å². The number of hydrogen-bond donors (Lipinski definition) is 0. The van der Waals surface area contributed by atoms with E-state index >= 15 is 0 Å². The van der Waals surface area contributed by atoms with Crippen molar-refractivity contribution in [2.75, 3.05) is 50.1 Å². The standard InChI is InChI=1S/C22H25N7O/c1-26-10-16-9-17(30-2)6-7-18(16)29-20(11-26)24-25-21(29)28-14-22(15-28)12-27(13-22)19-5-3-4-8-23-19/h3-9H,10-15H2,1-2H3. The van der Waals surface area contributed by atoms with Crippen molar-refractivity contribution >= 4 is 11.8 Å². The highest BCUT2D eigenvalue weighted by atomic mass is 16.5. The van der Waals surface area contributed by atoms with Gasteiger partial charge in [-0.15, -0.1) is 10.2 Å². The summed E-state index contributed by atoms with van der Waals surface area (Å²) in [5, 5.41) is 9.14. The van der Waals surface area contributed by atoms with Gasteiger partial charge in [0.15, 0.2) is 5.82 Å². The second-order valence-electron chi connectivity index (χ2n) is 8.82. The smallest absolute Gasteiger partial charge is 0.231 e. The van der Waals surface area contributed by atoms with Gasteiger partial charge < -0.3 is 14.5 Å². The van der Waals surface area contributed by atoms with E-state index in [0.717, 1.165) is 68.3 Å². The molecule has 5 heterocycles. The molecule has 2 saturated heterocycles. The lowest BCUT2D eigenvalue weighted by Gasteiger charge is -2.60. The highest BCUT2D eigenvalue weighted by molar-refractivity contribution is 5.55. The normalized spacial score (nSPS) is 19.5. The van der Waals surface area contributed by atoms with Gasteiger partial charge >= 0.3 is 0 Å². The fraction of sp³-hybridized carbons (Fsp3) is 0.409. The number of methoxy groups -OCH3 is 1. The zero-order chi connectivity index (χ0) is 20.3. The van der Waals surface area contributed by atoms with Gasteiger partial charge in [-0.3, -0.25) is 9.47 Å². The molecule has 0 radical (unpaired) electrons. The Bertz CT molecular complexity index is 1080. The third kappa shape index (κ3) is 2.67. The van der Waals surface area contributed by atoms with Gasteiger partial charge in [-0.05, 0) is 42.9 Å². The van der Waals surface area contributed by atoms with Crippen LogP contribution in [0.25, 0.3) is 5.69 Å². The van der Waals surface area contributed by atoms with Gasteiger partial charge in [0.05, 0.1) is 19.3 Å². The lowest BCUT2D eigenvalue weighted by Crippen LogP contribution is -2.73. The lowest BCUT2D eigenvalue weighted by atomic mass is 9.73. The first kappa shape index (κ1) is 17.7. The van der Waals surface area contributed by atoms with E-state index in [-0.39, 0.29) is 0 Å². The van der Waals surface area contributed by atoms with Crippen molar-refractivity contribution in [3.63, 3.8) is 0 Å². The molecule has 0 amide bonds. The van der Waals surface area contributed by atoms with Gasteiger partial charge in [0.2, 0.25) is 5.95 Å². The van der Waals surface area contributed by atoms with Crippen LogP contribution in [0.4, 0.5) is 11.8 Å². The first-order valence-corrected chi connectivity index (χ1v) is 10.4. The summed E-state index contributed by atoms with van der Waals surface area (Å²) < 4.78 is 7.69. The van der Waals surface area contributed by atoms with Crippen molar-refractivity contribution < 1.29 is 4.74 Å². The SMILES string of the molecule is COc1ccc2c(c1)CN(C)Cc1nnc(N3CC4(CN(c5ccccn5)C4)C3)n1-2. The van der Waals surface area contributed by atoms with Crippen molar-refractivity contribution in [1.82, 2.24) is 24.6 Å². The summed E-state index contributed by atoms with van der Waals surface area (Å²) in [6, 6.07) is 12.4. The summed E-state index contributed by atoms with van der Waals surface area (Å²) in [6.45, 7) is 5.76. The zero-order valence-electron chi connectivity index (χ0n) is 17.3. The highest BCUT2D eigenvalue weighted by Crippen LogP contribution is 2.43. The maximum absolute atomic E-state index is 5.45. The molecule has 2 aromatic heterocycles. The Morgan fingerprint density at radius 2 is 1.80 bits per heavy atom. The lowest BCUT2D eigenvalue weighted by molar-refractivity contribution is 0.153. The molecule has 0 unspecified atom stereocenters. The van der Waals surface area contributed by atoms with E-state index in [4.69, 9.17) is 4.74 Å². The number of anilines is 2. The fourth-order valence-electron chi connectivity index (χ4n) is 5.05. The van der Waals surface area contributed by atoms with E-state index < -0.39 is 0 Å². The van der Waals surface area contributed by atoms with Crippen LogP contribution in [0.2, 0.25) is 0 Å². The molecule has 3 aromatic rings. The molecule has 8 nitrogen and oxygen atoms in total. The molecule has 0 atom stereocenters. The maximum atomic E-state index is 5.45. The topological polar surface area (TPSA) is 62.6 Å². The Hall–Kier alpha value is -3.13. The first-order valence-electron chi connectivity index (χ1n) is 10.4. The predicted molar refractivity (Wildman–Crippen MR) is 114 cm³/mol. The molecule has 2 fully saturated rings. The third-order valence-electron chi connectivity index (χ3n) is 6.45. The second-order valence-corrected chi connectivity index (χ2v) is 8.82. The van der Waals surface area contributed by atoms with Gasteiger partial charge in [-0.1, -0.05) is 6.07 Å². The molecule has 3 aliphatic heterocycles. The largest absolute Gasteiger partial charge is 0.497 e. The molecular formula is C22H25N7O. The Kier molecular flexibility index (Phi) is 3.80. The molecule has 3 aliphatic rings. The molecule has 0 aliphatic carbocycles. The minimum Gasteiger partial charge on any atom is -0.497 e. The van der Waals surface area contributed by atoms with Crippen molar-refractivity contribution in [2.24, 2.45) is 5.41 Å². The minimum atomic E-state index is 0.341. The third-order valence-corrected chi connectivity index (χ3v) is 6.45. The average molecular weight is 403 g/mol. The van der Waals surface area contributed by atoms with Crippen LogP contribution in [-0.2, 0) is 13.1 Å². The summed E-state index contributed by atoms with van der Waals surface area (Å²) >= 11 is 0. The molecule has 154 valence electrons. The van der Waals surface area contributed by atoms with E-state index in [9.17, 15) is 0 Å². The van der Waals surface area contributed by atoms with Crippen molar-refractivity contribution in [3.05, 3.63) is 54.0 Å². The molecule has 1 aromatic carbocycles. The molecule has 0 saturated carbocycles. The number of hydrogen-bond acceptors (Lipinski definition) is 7. The van der Waals surface area contributed by atoms with Crippen LogP contribution in [0, 0.1) is 5.41 Å². The molecular weight excluding hydrogens is 378 g/mol. The molecule has 8 heteroatoms. The Morgan fingerprint density at radius 3 is 2.57 bits per heavy atom. The van der Waals surface area contributed by atoms with Crippen molar-refractivity contribution in [1.29, 1.82) is 0 Å². The number of aromatic nitrogens is 4. The molecule has 30 heavy (non-hydrogen) atoms. The Labute approximate surface area is 175 Å². The summed E-state index contributed by atoms with van der Waals surface area (Å²) in [5.41, 5.74) is 2.73. The number of nitrogens with zero attached hydrogens (tertiary/aromatic N) is 7. The Balaban J connectivity index is 1.25. The van der Waals surface area contributed by atoms with Gasteiger partial charge in [0.25, 0.3) is 0 Å².